The van der Waals surface area contributed by atoms with E-state index in [4.69, 9.17) is 5.26 Å². The average Bonchev–Trinajstić information content (AvgIpc) is 3.74. The maximum Gasteiger partial charge on any atom is 0.212 e. The van der Waals surface area contributed by atoms with Crippen LogP contribution < -0.4 is 15.5 Å². The maximum absolute atomic E-state index is 9.09. The Morgan fingerprint density at radius 2 is 1.97 bits per heavy atom. The molecule has 2 aliphatic heterocycles. The number of fused-ring (bicyclic) bond motifs is 3. The number of hydrogen-bond acceptors (Lipinski definition) is 9. The Hall–Kier alpha value is -3.97. The van der Waals surface area contributed by atoms with Gasteiger partial charge in [-0.25, -0.2) is 4.52 Å². The quantitative estimate of drug-likeness (QED) is 0.418. The fourth-order valence-corrected chi connectivity index (χ4v) is 5.00. The van der Waals surface area contributed by atoms with Gasteiger partial charge in [-0.05, 0) is 24.3 Å². The zero-order valence-corrected chi connectivity index (χ0v) is 21.4. The number of hydrogen-bond donors (Lipinski definition) is 2. The molecule has 2 aliphatic rings. The van der Waals surface area contributed by atoms with Crippen LogP contribution in [-0.2, 0) is 0 Å². The van der Waals surface area contributed by atoms with Crippen molar-refractivity contribution in [1.29, 1.82) is 5.26 Å². The van der Waals surface area contributed by atoms with E-state index in [-0.39, 0.29) is 0 Å². The van der Waals surface area contributed by atoms with Crippen LogP contribution in [0.25, 0.3) is 27.5 Å². The number of rotatable bonds is 4. The normalized spacial score (nSPS) is 15.4. The maximum atomic E-state index is 9.09. The second-order valence-electron chi connectivity index (χ2n) is 7.48. The highest BCUT2D eigenvalue weighted by atomic mass is 32.1. The van der Waals surface area contributed by atoms with Crippen molar-refractivity contribution in [3.8, 4) is 28.0 Å². The first-order valence-corrected chi connectivity index (χ1v) is 12.7. The monoisotopic (exact) mass is 487 g/mol. The van der Waals surface area contributed by atoms with Crippen LogP contribution >= 0.6 is 11.3 Å². The van der Waals surface area contributed by atoms with Crippen molar-refractivity contribution in [3.63, 3.8) is 0 Å². The molecule has 0 radical (unpaired) electrons. The molecule has 9 nitrogen and oxygen atoms in total. The van der Waals surface area contributed by atoms with Gasteiger partial charge in [0, 0.05) is 49.8 Å². The van der Waals surface area contributed by atoms with Crippen LogP contribution in [-0.4, -0.2) is 44.4 Å². The largest absolute Gasteiger partial charge is 0.387 e. The highest BCUT2D eigenvalue weighted by molar-refractivity contribution is 7.18. The number of nitriles is 1. The van der Waals surface area contributed by atoms with Crippen molar-refractivity contribution in [3.05, 3.63) is 54.1 Å². The molecule has 0 saturated carbocycles. The predicted molar refractivity (Wildman–Crippen MR) is 141 cm³/mol. The van der Waals surface area contributed by atoms with Crippen LogP contribution in [0.5, 0.6) is 0 Å². The third-order valence-corrected chi connectivity index (χ3v) is 6.61. The van der Waals surface area contributed by atoms with Crippen molar-refractivity contribution in [1.82, 2.24) is 30.1 Å². The molecule has 0 aromatic carbocycles. The summed E-state index contributed by atoms with van der Waals surface area (Å²) in [5.74, 6) is 0. The Labute approximate surface area is 209 Å². The molecule has 35 heavy (non-hydrogen) atoms. The zero-order chi connectivity index (χ0) is 24.9. The van der Waals surface area contributed by atoms with Gasteiger partial charge in [0.2, 0.25) is 5.13 Å². The summed E-state index contributed by atoms with van der Waals surface area (Å²) in [6.45, 7) is 8.93. The molecule has 10 heteroatoms. The summed E-state index contributed by atoms with van der Waals surface area (Å²) in [4.78, 5) is 6.92. The van der Waals surface area contributed by atoms with Crippen LogP contribution in [0.1, 0.15) is 39.7 Å². The van der Waals surface area contributed by atoms with Gasteiger partial charge in [0.1, 0.15) is 6.07 Å². The Balaban J connectivity index is 0.000000689. The van der Waals surface area contributed by atoms with E-state index >= 15 is 0 Å². The van der Waals surface area contributed by atoms with Crippen LogP contribution in [0.15, 0.2) is 48.6 Å². The molecule has 2 bridgehead atoms. The lowest BCUT2D eigenvalue weighted by Crippen LogP contribution is -2.32. The van der Waals surface area contributed by atoms with E-state index < -0.39 is 0 Å². The average molecular weight is 488 g/mol. The van der Waals surface area contributed by atoms with Gasteiger partial charge in [-0.15, -0.1) is 10.2 Å². The van der Waals surface area contributed by atoms with E-state index in [1.165, 1.54) is 5.70 Å². The van der Waals surface area contributed by atoms with Gasteiger partial charge in [-0.2, -0.15) is 10.4 Å². The molecule has 0 amide bonds. The van der Waals surface area contributed by atoms with Crippen molar-refractivity contribution >= 4 is 27.7 Å². The molecule has 6 rings (SSSR count). The second kappa shape index (κ2) is 10.5. The standard InChI is InChI=1S/C21H17N9S.2C2H6/c1-23-17-6-18(19-3-2-14-4-12(7-22)8-26-30(14)19)25-10-16(17)20-27-28-21(31-20)29-11-13-5-15(29)9-24-13;2*1-2/h2-4,6,8-10,13,24H,5,11H2,1H3,(H,23,25);2*1-2H3. The highest BCUT2D eigenvalue weighted by Crippen LogP contribution is 2.38. The number of pyridine rings is 1. The molecule has 1 saturated heterocycles. The summed E-state index contributed by atoms with van der Waals surface area (Å²) in [5.41, 5.74) is 6.11. The van der Waals surface area contributed by atoms with E-state index in [2.05, 4.69) is 48.1 Å². The third-order valence-electron chi connectivity index (χ3n) is 5.63. The molecule has 2 N–H and O–H groups in total. The Bertz CT molecular complexity index is 1400. The number of nitrogens with one attached hydrogen (secondary N) is 2. The minimum atomic E-state index is 0.478. The minimum Gasteiger partial charge on any atom is -0.387 e. The SMILES string of the molecule is CC.CC.CNc1cc(-c2ccc3cc(C#N)cnn23)ncc1-c1nnc(N2CC3CC2=CN3)s1. The summed E-state index contributed by atoms with van der Waals surface area (Å²) in [5, 5.41) is 30.7. The van der Waals surface area contributed by atoms with Gasteiger partial charge in [0.05, 0.1) is 34.2 Å². The lowest BCUT2D eigenvalue weighted by atomic mass is 10.2. The lowest BCUT2D eigenvalue weighted by molar-refractivity contribution is 0.666. The molecule has 1 fully saturated rings. The summed E-state index contributed by atoms with van der Waals surface area (Å²) in [6.07, 6.45) is 6.50. The van der Waals surface area contributed by atoms with E-state index in [0.29, 0.717) is 11.6 Å². The summed E-state index contributed by atoms with van der Waals surface area (Å²) >= 11 is 1.57. The van der Waals surface area contributed by atoms with E-state index in [1.54, 1.807) is 22.0 Å². The molecule has 4 aromatic rings. The van der Waals surface area contributed by atoms with Crippen LogP contribution in [0.2, 0.25) is 0 Å². The molecule has 6 heterocycles. The molecule has 1 atom stereocenters. The molecule has 1 unspecified atom stereocenters. The van der Waals surface area contributed by atoms with E-state index in [0.717, 1.165) is 51.3 Å². The molecule has 4 aromatic heterocycles. The zero-order valence-electron chi connectivity index (χ0n) is 20.6. The topological polar surface area (TPSA) is 107 Å². The first kappa shape index (κ1) is 24.2. The first-order chi connectivity index (χ1) is 17.2. The molecule has 0 spiro atoms. The number of aromatic nitrogens is 5. The van der Waals surface area contributed by atoms with E-state index in [1.807, 2.05) is 65.2 Å². The van der Waals surface area contributed by atoms with Gasteiger partial charge in [-0.1, -0.05) is 39.0 Å². The van der Waals surface area contributed by atoms with Crippen molar-refractivity contribution in [2.75, 3.05) is 23.8 Å². The second-order valence-corrected chi connectivity index (χ2v) is 8.44. The van der Waals surface area contributed by atoms with Gasteiger partial charge in [-0.3, -0.25) is 4.98 Å². The number of anilines is 2. The third kappa shape index (κ3) is 4.42. The summed E-state index contributed by atoms with van der Waals surface area (Å²) in [7, 11) is 1.88. The Morgan fingerprint density at radius 1 is 1.14 bits per heavy atom. The van der Waals surface area contributed by atoms with E-state index in [9.17, 15) is 0 Å². The van der Waals surface area contributed by atoms with Gasteiger partial charge >= 0.3 is 0 Å². The summed E-state index contributed by atoms with van der Waals surface area (Å²) in [6, 6.07) is 10.3. The van der Waals surface area contributed by atoms with Crippen molar-refractivity contribution in [2.24, 2.45) is 0 Å². The molecular formula is C25H29N9S. The predicted octanol–water partition coefficient (Wildman–Crippen LogP) is 4.90. The van der Waals surface area contributed by atoms with Crippen molar-refractivity contribution < 1.29 is 0 Å². The van der Waals surface area contributed by atoms with Crippen molar-refractivity contribution in [2.45, 2.75) is 40.2 Å². The highest BCUT2D eigenvalue weighted by Gasteiger charge is 2.33. The van der Waals surface area contributed by atoms with Gasteiger partial charge < -0.3 is 15.5 Å². The fourth-order valence-electron chi connectivity index (χ4n) is 4.09. The fraction of sp³-hybridized carbons (Fsp3) is 0.320. The first-order valence-electron chi connectivity index (χ1n) is 11.9. The van der Waals surface area contributed by atoms with Crippen LogP contribution in [0, 0.1) is 11.3 Å². The van der Waals surface area contributed by atoms with Gasteiger partial charge in [0.15, 0.2) is 5.01 Å². The molecule has 180 valence electrons. The van der Waals surface area contributed by atoms with Crippen LogP contribution in [0.3, 0.4) is 0 Å². The minimum absolute atomic E-state index is 0.478. The smallest absolute Gasteiger partial charge is 0.212 e. The molecular weight excluding hydrogens is 458 g/mol. The van der Waals surface area contributed by atoms with Crippen LogP contribution in [0.4, 0.5) is 10.8 Å². The molecule has 0 aliphatic carbocycles. The summed E-state index contributed by atoms with van der Waals surface area (Å²) < 4.78 is 1.79. The Morgan fingerprint density at radius 3 is 2.66 bits per heavy atom. The van der Waals surface area contributed by atoms with Gasteiger partial charge in [0.25, 0.3) is 0 Å². The number of nitrogens with zero attached hydrogens (tertiary/aromatic N) is 7. The lowest BCUT2D eigenvalue weighted by Gasteiger charge is -2.19. The Kier molecular flexibility index (Phi) is 7.27.